The molecule has 0 radical (unpaired) electrons. The summed E-state index contributed by atoms with van der Waals surface area (Å²) in [5.41, 5.74) is 1.60. The summed E-state index contributed by atoms with van der Waals surface area (Å²) in [6.45, 7) is 0.320. The largest absolute Gasteiger partial charge is 0.326 e. The van der Waals surface area contributed by atoms with Crippen molar-refractivity contribution >= 4 is 33.2 Å². The summed E-state index contributed by atoms with van der Waals surface area (Å²) in [5, 5.41) is 2.65. The van der Waals surface area contributed by atoms with Gasteiger partial charge in [-0.05, 0) is 36.2 Å². The molecule has 0 aliphatic heterocycles. The molecule has 0 aliphatic rings. The van der Waals surface area contributed by atoms with Crippen molar-refractivity contribution in [2.45, 2.75) is 17.7 Å². The molecular formula is C17H19ClN2O3S. The second-order valence-electron chi connectivity index (χ2n) is 5.14. The van der Waals surface area contributed by atoms with E-state index in [9.17, 15) is 13.2 Å². The third kappa shape index (κ3) is 5.63. The molecule has 2 rings (SSSR count). The summed E-state index contributed by atoms with van der Waals surface area (Å²) >= 11 is 5.49. The summed E-state index contributed by atoms with van der Waals surface area (Å²) < 4.78 is 27.1. The number of amides is 1. The van der Waals surface area contributed by atoms with E-state index in [0.29, 0.717) is 18.7 Å². The molecule has 24 heavy (non-hydrogen) atoms. The standard InChI is InChI=1S/C17H19ClN2O3S/c18-12-10-17(21)20-15-6-8-16(9-7-15)24(22,23)19-13-11-14-4-2-1-3-5-14/h1-9,19H,10-13H2,(H,20,21). The van der Waals surface area contributed by atoms with Crippen molar-refractivity contribution in [1.82, 2.24) is 4.72 Å². The molecule has 128 valence electrons. The van der Waals surface area contributed by atoms with E-state index in [0.717, 1.165) is 5.56 Å². The SMILES string of the molecule is O=C(CCCl)Nc1ccc(S(=O)(=O)NCCc2ccccc2)cc1. The first-order valence-electron chi connectivity index (χ1n) is 7.51. The van der Waals surface area contributed by atoms with E-state index in [2.05, 4.69) is 10.0 Å². The number of alkyl halides is 1. The number of anilines is 1. The monoisotopic (exact) mass is 366 g/mol. The number of hydrogen-bond donors (Lipinski definition) is 2. The molecule has 0 atom stereocenters. The highest BCUT2D eigenvalue weighted by Crippen LogP contribution is 2.14. The Hall–Kier alpha value is -1.89. The second kappa shape index (κ2) is 8.82. The minimum Gasteiger partial charge on any atom is -0.326 e. The van der Waals surface area contributed by atoms with Gasteiger partial charge in [-0.25, -0.2) is 13.1 Å². The highest BCUT2D eigenvalue weighted by molar-refractivity contribution is 7.89. The van der Waals surface area contributed by atoms with Crippen LogP contribution in [-0.2, 0) is 21.2 Å². The van der Waals surface area contributed by atoms with Gasteiger partial charge < -0.3 is 5.32 Å². The molecule has 0 saturated carbocycles. The fourth-order valence-electron chi connectivity index (χ4n) is 2.08. The molecule has 0 bridgehead atoms. The molecule has 0 aromatic heterocycles. The lowest BCUT2D eigenvalue weighted by Crippen LogP contribution is -2.26. The second-order valence-corrected chi connectivity index (χ2v) is 7.29. The number of nitrogens with one attached hydrogen (secondary N) is 2. The molecule has 2 aromatic carbocycles. The predicted molar refractivity (Wildman–Crippen MR) is 95.7 cm³/mol. The van der Waals surface area contributed by atoms with Crippen LogP contribution in [0.2, 0.25) is 0 Å². The van der Waals surface area contributed by atoms with Crippen molar-refractivity contribution in [2.75, 3.05) is 17.7 Å². The van der Waals surface area contributed by atoms with Gasteiger partial charge in [0.25, 0.3) is 0 Å². The number of hydrogen-bond acceptors (Lipinski definition) is 3. The van der Waals surface area contributed by atoms with Crippen molar-refractivity contribution < 1.29 is 13.2 Å². The molecule has 5 nitrogen and oxygen atoms in total. The quantitative estimate of drug-likeness (QED) is 0.705. The van der Waals surface area contributed by atoms with Gasteiger partial charge in [-0.1, -0.05) is 30.3 Å². The van der Waals surface area contributed by atoms with E-state index in [1.807, 2.05) is 30.3 Å². The van der Waals surface area contributed by atoms with Crippen LogP contribution in [0.3, 0.4) is 0 Å². The zero-order valence-corrected chi connectivity index (χ0v) is 14.6. The van der Waals surface area contributed by atoms with Gasteiger partial charge in [-0.2, -0.15) is 0 Å². The van der Waals surface area contributed by atoms with Crippen molar-refractivity contribution in [3.63, 3.8) is 0 Å². The van der Waals surface area contributed by atoms with Gasteiger partial charge in [0, 0.05) is 24.5 Å². The number of carbonyl (C=O) groups is 1. The lowest BCUT2D eigenvalue weighted by molar-refractivity contribution is -0.115. The zero-order chi connectivity index (χ0) is 17.4. The smallest absolute Gasteiger partial charge is 0.240 e. The molecule has 7 heteroatoms. The Morgan fingerprint density at radius 2 is 1.67 bits per heavy atom. The lowest BCUT2D eigenvalue weighted by atomic mass is 10.2. The number of carbonyl (C=O) groups excluding carboxylic acids is 1. The molecule has 0 spiro atoms. The number of halogens is 1. The highest BCUT2D eigenvalue weighted by Gasteiger charge is 2.13. The molecule has 0 heterocycles. The molecule has 2 aromatic rings. The molecule has 0 saturated heterocycles. The van der Waals surface area contributed by atoms with Gasteiger partial charge in [-0.3, -0.25) is 4.79 Å². The Balaban J connectivity index is 1.92. The van der Waals surface area contributed by atoms with E-state index in [4.69, 9.17) is 11.6 Å². The third-order valence-electron chi connectivity index (χ3n) is 3.32. The van der Waals surface area contributed by atoms with Crippen LogP contribution >= 0.6 is 11.6 Å². The minimum atomic E-state index is -3.57. The maximum absolute atomic E-state index is 12.2. The Morgan fingerprint density at radius 3 is 2.29 bits per heavy atom. The minimum absolute atomic E-state index is 0.158. The van der Waals surface area contributed by atoms with Crippen LogP contribution in [0, 0.1) is 0 Å². The maximum atomic E-state index is 12.2. The summed E-state index contributed by atoms with van der Waals surface area (Å²) in [6.07, 6.45) is 0.829. The topological polar surface area (TPSA) is 75.3 Å². The first-order chi connectivity index (χ1) is 11.5. The average molecular weight is 367 g/mol. The molecular weight excluding hydrogens is 348 g/mol. The average Bonchev–Trinajstić information content (AvgIpc) is 2.56. The van der Waals surface area contributed by atoms with Gasteiger partial charge >= 0.3 is 0 Å². The fourth-order valence-corrected chi connectivity index (χ4v) is 3.29. The lowest BCUT2D eigenvalue weighted by Gasteiger charge is -2.08. The Morgan fingerprint density at radius 1 is 1.00 bits per heavy atom. The first-order valence-corrected chi connectivity index (χ1v) is 9.52. The van der Waals surface area contributed by atoms with Gasteiger partial charge in [0.2, 0.25) is 15.9 Å². The molecule has 0 aliphatic carbocycles. The van der Waals surface area contributed by atoms with E-state index < -0.39 is 10.0 Å². The van der Waals surface area contributed by atoms with Crippen LogP contribution in [0.1, 0.15) is 12.0 Å². The third-order valence-corrected chi connectivity index (χ3v) is 4.98. The van der Waals surface area contributed by atoms with Crippen LogP contribution in [0.25, 0.3) is 0 Å². The Labute approximate surface area is 147 Å². The normalized spacial score (nSPS) is 11.2. The predicted octanol–water partition coefficient (Wildman–Crippen LogP) is 2.78. The number of sulfonamides is 1. The van der Waals surface area contributed by atoms with Crippen LogP contribution < -0.4 is 10.0 Å². The summed E-state index contributed by atoms with van der Waals surface area (Å²) in [6, 6.07) is 15.7. The van der Waals surface area contributed by atoms with Gasteiger partial charge in [0.15, 0.2) is 0 Å². The summed E-state index contributed by atoms with van der Waals surface area (Å²) in [7, 11) is -3.57. The molecule has 0 unspecified atom stereocenters. The van der Waals surface area contributed by atoms with E-state index in [-0.39, 0.29) is 23.1 Å². The van der Waals surface area contributed by atoms with Crippen LogP contribution in [0.15, 0.2) is 59.5 Å². The van der Waals surface area contributed by atoms with Crippen LogP contribution in [0.5, 0.6) is 0 Å². The first kappa shape index (κ1) is 18.4. The molecule has 2 N–H and O–H groups in total. The number of benzene rings is 2. The van der Waals surface area contributed by atoms with Gasteiger partial charge in [0.05, 0.1) is 4.90 Å². The highest BCUT2D eigenvalue weighted by atomic mass is 35.5. The van der Waals surface area contributed by atoms with E-state index in [1.165, 1.54) is 12.1 Å². The van der Waals surface area contributed by atoms with Crippen molar-refractivity contribution in [2.24, 2.45) is 0 Å². The Kier molecular flexibility index (Phi) is 6.78. The zero-order valence-electron chi connectivity index (χ0n) is 13.0. The summed E-state index contributed by atoms with van der Waals surface area (Å²) in [4.78, 5) is 11.6. The van der Waals surface area contributed by atoms with E-state index in [1.54, 1.807) is 12.1 Å². The van der Waals surface area contributed by atoms with Crippen LogP contribution in [-0.4, -0.2) is 26.7 Å². The summed E-state index contributed by atoms with van der Waals surface area (Å²) in [5.74, 6) is 0.0329. The van der Waals surface area contributed by atoms with Gasteiger partial charge in [-0.15, -0.1) is 11.6 Å². The van der Waals surface area contributed by atoms with Crippen LogP contribution in [0.4, 0.5) is 5.69 Å². The number of rotatable bonds is 8. The Bertz CT molecular complexity index is 762. The van der Waals surface area contributed by atoms with Gasteiger partial charge in [0.1, 0.15) is 0 Å². The maximum Gasteiger partial charge on any atom is 0.240 e. The fraction of sp³-hybridized carbons (Fsp3) is 0.235. The van der Waals surface area contributed by atoms with E-state index >= 15 is 0 Å². The van der Waals surface area contributed by atoms with Crippen molar-refractivity contribution in [3.8, 4) is 0 Å². The molecule has 0 fully saturated rings. The molecule has 1 amide bonds. The van der Waals surface area contributed by atoms with Crippen molar-refractivity contribution in [1.29, 1.82) is 0 Å². The van der Waals surface area contributed by atoms with Crippen molar-refractivity contribution in [3.05, 3.63) is 60.2 Å².